The Morgan fingerprint density at radius 1 is 1.47 bits per heavy atom. The molecular formula is C10H11F3N2O2. The van der Waals surface area contributed by atoms with Gasteiger partial charge in [-0.05, 0) is 25.1 Å². The first kappa shape index (κ1) is 13.3. The average molecular weight is 248 g/mol. The summed E-state index contributed by atoms with van der Waals surface area (Å²) < 4.78 is 37.4. The quantitative estimate of drug-likeness (QED) is 0.696. The van der Waals surface area contributed by atoms with Gasteiger partial charge in [-0.2, -0.15) is 13.2 Å². The van der Waals surface area contributed by atoms with Crippen LogP contribution in [-0.2, 0) is 11.0 Å². The molecule has 0 aliphatic carbocycles. The van der Waals surface area contributed by atoms with E-state index < -0.39 is 29.4 Å². The number of benzene rings is 1. The molecule has 0 heterocycles. The van der Waals surface area contributed by atoms with Crippen molar-refractivity contribution in [2.75, 3.05) is 11.1 Å². The fourth-order valence-electron chi connectivity index (χ4n) is 1.13. The summed E-state index contributed by atoms with van der Waals surface area (Å²) in [6.45, 7) is 1.21. The van der Waals surface area contributed by atoms with Crippen molar-refractivity contribution in [2.24, 2.45) is 0 Å². The second kappa shape index (κ2) is 4.62. The van der Waals surface area contributed by atoms with Crippen molar-refractivity contribution in [2.45, 2.75) is 19.2 Å². The molecule has 4 nitrogen and oxygen atoms in total. The number of hydrogen-bond donors (Lipinski definition) is 3. The lowest BCUT2D eigenvalue weighted by Crippen LogP contribution is -2.24. The van der Waals surface area contributed by atoms with Gasteiger partial charge in [0.1, 0.15) is 6.10 Å². The summed E-state index contributed by atoms with van der Waals surface area (Å²) in [5.41, 5.74) is 3.66. The Balaban J connectivity index is 3.01. The van der Waals surface area contributed by atoms with E-state index in [4.69, 9.17) is 10.8 Å². The third kappa shape index (κ3) is 3.35. The Morgan fingerprint density at radius 2 is 2.06 bits per heavy atom. The number of amides is 1. The van der Waals surface area contributed by atoms with Crippen molar-refractivity contribution in [1.29, 1.82) is 0 Å². The Hall–Kier alpha value is -1.76. The fraction of sp³-hybridized carbons (Fsp3) is 0.300. The maximum Gasteiger partial charge on any atom is 0.418 e. The van der Waals surface area contributed by atoms with E-state index in [0.717, 1.165) is 12.1 Å². The number of anilines is 2. The summed E-state index contributed by atoms with van der Waals surface area (Å²) in [4.78, 5) is 11.1. The first-order valence-corrected chi connectivity index (χ1v) is 4.67. The molecule has 1 aromatic carbocycles. The zero-order chi connectivity index (χ0) is 13.2. The smallest absolute Gasteiger partial charge is 0.398 e. The van der Waals surface area contributed by atoms with E-state index in [9.17, 15) is 18.0 Å². The van der Waals surface area contributed by atoms with Gasteiger partial charge in [-0.15, -0.1) is 0 Å². The zero-order valence-electron chi connectivity index (χ0n) is 8.88. The van der Waals surface area contributed by atoms with Gasteiger partial charge in [0.2, 0.25) is 0 Å². The Morgan fingerprint density at radius 3 is 2.53 bits per heavy atom. The molecule has 0 fully saturated rings. The second-order valence-electron chi connectivity index (χ2n) is 3.47. The highest BCUT2D eigenvalue weighted by Gasteiger charge is 2.33. The van der Waals surface area contributed by atoms with Gasteiger partial charge >= 0.3 is 6.18 Å². The standard InChI is InChI=1S/C10H11F3N2O2/c1-5(16)9(17)15-6-2-3-8(14)7(4-6)10(11,12)13/h2-5,16H,14H2,1H3,(H,15,17). The molecule has 1 amide bonds. The molecule has 0 radical (unpaired) electrons. The van der Waals surface area contributed by atoms with Crippen molar-refractivity contribution in [3.8, 4) is 0 Å². The normalized spacial score (nSPS) is 13.2. The molecule has 17 heavy (non-hydrogen) atoms. The molecule has 1 unspecified atom stereocenters. The number of carbonyl (C=O) groups excluding carboxylic acids is 1. The van der Waals surface area contributed by atoms with E-state index in [1.165, 1.54) is 13.0 Å². The van der Waals surface area contributed by atoms with Crippen LogP contribution in [-0.4, -0.2) is 17.1 Å². The summed E-state index contributed by atoms with van der Waals surface area (Å²) in [6, 6.07) is 2.99. The monoisotopic (exact) mass is 248 g/mol. The first-order valence-electron chi connectivity index (χ1n) is 4.67. The van der Waals surface area contributed by atoms with Gasteiger partial charge in [0.25, 0.3) is 5.91 Å². The lowest BCUT2D eigenvalue weighted by atomic mass is 10.1. The molecule has 1 atom stereocenters. The van der Waals surface area contributed by atoms with Gasteiger partial charge in [-0.1, -0.05) is 0 Å². The Bertz CT molecular complexity index is 430. The number of aliphatic hydroxyl groups is 1. The number of carbonyl (C=O) groups is 1. The van der Waals surface area contributed by atoms with Gasteiger partial charge < -0.3 is 16.2 Å². The molecule has 7 heteroatoms. The molecule has 4 N–H and O–H groups in total. The summed E-state index contributed by atoms with van der Waals surface area (Å²) in [7, 11) is 0. The number of nitrogens with two attached hydrogens (primary N) is 1. The predicted octanol–water partition coefficient (Wildman–Crippen LogP) is 1.61. The third-order valence-electron chi connectivity index (χ3n) is 2.01. The van der Waals surface area contributed by atoms with Crippen LogP contribution in [0.15, 0.2) is 18.2 Å². The van der Waals surface area contributed by atoms with Crippen LogP contribution in [0, 0.1) is 0 Å². The number of alkyl halides is 3. The molecule has 0 saturated carbocycles. The highest BCUT2D eigenvalue weighted by molar-refractivity contribution is 5.94. The Labute approximate surface area is 95.2 Å². The number of nitrogens with one attached hydrogen (secondary N) is 1. The van der Waals surface area contributed by atoms with Crippen LogP contribution in [0.3, 0.4) is 0 Å². The van der Waals surface area contributed by atoms with Crippen LogP contribution in [0.2, 0.25) is 0 Å². The van der Waals surface area contributed by atoms with Crippen LogP contribution < -0.4 is 11.1 Å². The molecule has 0 spiro atoms. The van der Waals surface area contributed by atoms with Crippen molar-refractivity contribution in [3.63, 3.8) is 0 Å². The van der Waals surface area contributed by atoms with Gasteiger partial charge in [-0.25, -0.2) is 0 Å². The molecular weight excluding hydrogens is 237 g/mol. The molecule has 1 aromatic rings. The topological polar surface area (TPSA) is 75.3 Å². The van der Waals surface area contributed by atoms with E-state index in [0.29, 0.717) is 0 Å². The number of hydrogen-bond acceptors (Lipinski definition) is 3. The summed E-state index contributed by atoms with van der Waals surface area (Å²) in [5.74, 6) is -0.789. The van der Waals surface area contributed by atoms with E-state index in [2.05, 4.69) is 5.32 Å². The zero-order valence-corrected chi connectivity index (χ0v) is 8.88. The lowest BCUT2D eigenvalue weighted by molar-refractivity contribution is -0.137. The van der Waals surface area contributed by atoms with E-state index in [1.807, 2.05) is 0 Å². The van der Waals surface area contributed by atoms with Gasteiger partial charge in [0.05, 0.1) is 5.56 Å². The highest BCUT2D eigenvalue weighted by atomic mass is 19.4. The largest absolute Gasteiger partial charge is 0.418 e. The minimum Gasteiger partial charge on any atom is -0.398 e. The van der Waals surface area contributed by atoms with Gasteiger partial charge in [-0.3, -0.25) is 4.79 Å². The highest BCUT2D eigenvalue weighted by Crippen LogP contribution is 2.35. The van der Waals surface area contributed by atoms with Crippen molar-refractivity contribution in [1.82, 2.24) is 0 Å². The van der Waals surface area contributed by atoms with Crippen LogP contribution in [0.1, 0.15) is 12.5 Å². The van der Waals surface area contributed by atoms with Crippen LogP contribution in [0.4, 0.5) is 24.5 Å². The summed E-state index contributed by atoms with van der Waals surface area (Å²) in [6.07, 6.45) is -5.89. The van der Waals surface area contributed by atoms with Gasteiger partial charge in [0, 0.05) is 11.4 Å². The second-order valence-corrected chi connectivity index (χ2v) is 3.47. The minimum absolute atomic E-state index is 0.0718. The maximum atomic E-state index is 12.5. The molecule has 0 bridgehead atoms. The SMILES string of the molecule is CC(O)C(=O)Nc1ccc(N)c(C(F)(F)F)c1. The fourth-order valence-corrected chi connectivity index (χ4v) is 1.13. The van der Waals surface area contributed by atoms with Crippen LogP contribution >= 0.6 is 0 Å². The van der Waals surface area contributed by atoms with E-state index in [1.54, 1.807) is 0 Å². The molecule has 0 aliphatic heterocycles. The number of nitrogen functional groups attached to an aromatic ring is 1. The molecule has 94 valence electrons. The minimum atomic E-state index is -4.59. The summed E-state index contributed by atoms with van der Waals surface area (Å²) in [5, 5.41) is 11.0. The number of aliphatic hydroxyl groups excluding tert-OH is 1. The van der Waals surface area contributed by atoms with E-state index in [-0.39, 0.29) is 5.69 Å². The van der Waals surface area contributed by atoms with Crippen LogP contribution in [0.25, 0.3) is 0 Å². The van der Waals surface area contributed by atoms with E-state index >= 15 is 0 Å². The van der Waals surface area contributed by atoms with Crippen molar-refractivity contribution >= 4 is 17.3 Å². The number of rotatable bonds is 2. The summed E-state index contributed by atoms with van der Waals surface area (Å²) >= 11 is 0. The number of halogens is 3. The van der Waals surface area contributed by atoms with Crippen molar-refractivity contribution < 1.29 is 23.1 Å². The average Bonchev–Trinajstić information content (AvgIpc) is 2.19. The van der Waals surface area contributed by atoms with Crippen molar-refractivity contribution in [3.05, 3.63) is 23.8 Å². The molecule has 0 saturated heterocycles. The Kier molecular flexibility index (Phi) is 3.62. The molecule has 0 aliphatic rings. The van der Waals surface area contributed by atoms with Crippen LogP contribution in [0.5, 0.6) is 0 Å². The lowest BCUT2D eigenvalue weighted by Gasteiger charge is -2.13. The molecule has 1 rings (SSSR count). The maximum absolute atomic E-state index is 12.5. The molecule has 0 aromatic heterocycles. The van der Waals surface area contributed by atoms with Gasteiger partial charge in [0.15, 0.2) is 0 Å². The third-order valence-corrected chi connectivity index (χ3v) is 2.01. The first-order chi connectivity index (χ1) is 7.71. The predicted molar refractivity (Wildman–Crippen MR) is 56.2 cm³/mol.